The normalized spacial score (nSPS) is 22.3. The Labute approximate surface area is 90.2 Å². The summed E-state index contributed by atoms with van der Waals surface area (Å²) in [4.78, 5) is 26.8. The Hall–Kier alpha value is -1.06. The summed E-state index contributed by atoms with van der Waals surface area (Å²) >= 11 is 0. The van der Waals surface area contributed by atoms with Gasteiger partial charge in [-0.05, 0) is 25.7 Å². The fraction of sp³-hybridized carbons (Fsp3) is 0.818. The van der Waals surface area contributed by atoms with Crippen LogP contribution in [-0.4, -0.2) is 47.8 Å². The first kappa shape index (κ1) is 10.5. The summed E-state index contributed by atoms with van der Waals surface area (Å²) in [5.74, 6) is 0.269. The fourth-order valence-electron chi connectivity index (χ4n) is 2.28. The van der Waals surface area contributed by atoms with Crippen LogP contribution in [0.25, 0.3) is 0 Å². The van der Waals surface area contributed by atoms with Crippen molar-refractivity contribution in [3.8, 4) is 0 Å². The molecule has 0 saturated carbocycles. The number of carbonyl (C=O) groups is 2. The van der Waals surface area contributed by atoms with E-state index in [1.807, 2.05) is 4.90 Å². The van der Waals surface area contributed by atoms with Gasteiger partial charge in [0.2, 0.25) is 11.8 Å². The topological polar surface area (TPSA) is 40.6 Å². The van der Waals surface area contributed by atoms with Gasteiger partial charge in [0, 0.05) is 26.1 Å². The van der Waals surface area contributed by atoms with E-state index >= 15 is 0 Å². The SMILES string of the molecule is O=C(CN1CCCC1=O)N1CCCCC1. The summed E-state index contributed by atoms with van der Waals surface area (Å²) in [6, 6.07) is 0. The van der Waals surface area contributed by atoms with Gasteiger partial charge in [-0.1, -0.05) is 0 Å². The number of amides is 2. The summed E-state index contributed by atoms with van der Waals surface area (Å²) in [7, 11) is 0. The van der Waals surface area contributed by atoms with Crippen LogP contribution in [0.2, 0.25) is 0 Å². The molecule has 2 rings (SSSR count). The zero-order valence-corrected chi connectivity index (χ0v) is 9.07. The van der Waals surface area contributed by atoms with Crippen LogP contribution in [0, 0.1) is 0 Å². The molecule has 4 heteroatoms. The van der Waals surface area contributed by atoms with Gasteiger partial charge < -0.3 is 9.80 Å². The molecule has 0 unspecified atom stereocenters. The summed E-state index contributed by atoms with van der Waals surface area (Å²) in [5, 5.41) is 0. The monoisotopic (exact) mass is 210 g/mol. The first-order valence-corrected chi connectivity index (χ1v) is 5.83. The van der Waals surface area contributed by atoms with Gasteiger partial charge in [0.15, 0.2) is 0 Å². The van der Waals surface area contributed by atoms with Crippen molar-refractivity contribution in [1.29, 1.82) is 0 Å². The average Bonchev–Trinajstić information content (AvgIpc) is 2.66. The highest BCUT2D eigenvalue weighted by molar-refractivity contribution is 5.85. The van der Waals surface area contributed by atoms with Crippen LogP contribution in [0.5, 0.6) is 0 Å². The third kappa shape index (κ3) is 2.49. The molecule has 0 aromatic carbocycles. The van der Waals surface area contributed by atoms with Crippen molar-refractivity contribution in [3.05, 3.63) is 0 Å². The second-order valence-corrected chi connectivity index (χ2v) is 4.36. The van der Waals surface area contributed by atoms with Crippen LogP contribution in [0.15, 0.2) is 0 Å². The molecule has 0 spiro atoms. The lowest BCUT2D eigenvalue weighted by Gasteiger charge is -2.28. The maximum atomic E-state index is 11.8. The van der Waals surface area contributed by atoms with E-state index in [0.29, 0.717) is 13.0 Å². The zero-order valence-electron chi connectivity index (χ0n) is 9.07. The minimum atomic E-state index is 0.130. The fourth-order valence-corrected chi connectivity index (χ4v) is 2.28. The molecule has 2 saturated heterocycles. The van der Waals surface area contributed by atoms with Crippen molar-refractivity contribution in [2.45, 2.75) is 32.1 Å². The molecule has 0 radical (unpaired) electrons. The summed E-state index contributed by atoms with van der Waals surface area (Å²) in [6.45, 7) is 2.82. The van der Waals surface area contributed by atoms with Gasteiger partial charge in [-0.15, -0.1) is 0 Å². The molecule has 2 aliphatic rings. The molecule has 0 N–H and O–H groups in total. The van der Waals surface area contributed by atoms with Crippen molar-refractivity contribution >= 4 is 11.8 Å². The Kier molecular flexibility index (Phi) is 3.23. The van der Waals surface area contributed by atoms with Gasteiger partial charge >= 0.3 is 0 Å². The number of nitrogens with zero attached hydrogens (tertiary/aromatic N) is 2. The van der Waals surface area contributed by atoms with E-state index in [9.17, 15) is 9.59 Å². The molecule has 0 bridgehead atoms. The summed E-state index contributed by atoms with van der Waals surface area (Å²) < 4.78 is 0. The Bertz CT molecular complexity index is 259. The molecule has 84 valence electrons. The number of likely N-dealkylation sites (tertiary alicyclic amines) is 2. The van der Waals surface area contributed by atoms with Crippen molar-refractivity contribution in [2.75, 3.05) is 26.2 Å². The van der Waals surface area contributed by atoms with Crippen molar-refractivity contribution < 1.29 is 9.59 Å². The maximum absolute atomic E-state index is 11.8. The van der Waals surface area contributed by atoms with Crippen LogP contribution in [0.4, 0.5) is 0 Å². The molecule has 2 fully saturated rings. The maximum Gasteiger partial charge on any atom is 0.242 e. The predicted octanol–water partition coefficient (Wildman–Crippen LogP) is 0.621. The van der Waals surface area contributed by atoms with Crippen LogP contribution < -0.4 is 0 Å². The molecule has 0 aromatic rings. The molecular formula is C11H18N2O2. The Morgan fingerprint density at radius 3 is 2.40 bits per heavy atom. The number of piperidine rings is 1. The minimum Gasteiger partial charge on any atom is -0.341 e. The highest BCUT2D eigenvalue weighted by Gasteiger charge is 2.25. The molecule has 2 amide bonds. The summed E-state index contributed by atoms with van der Waals surface area (Å²) in [6.07, 6.45) is 4.98. The van der Waals surface area contributed by atoms with Gasteiger partial charge in [0.1, 0.15) is 0 Å². The van der Waals surface area contributed by atoms with E-state index in [-0.39, 0.29) is 11.8 Å². The molecule has 0 atom stereocenters. The van der Waals surface area contributed by atoms with Crippen molar-refractivity contribution in [3.63, 3.8) is 0 Å². The van der Waals surface area contributed by atoms with Crippen molar-refractivity contribution in [2.24, 2.45) is 0 Å². The Morgan fingerprint density at radius 2 is 1.80 bits per heavy atom. The lowest BCUT2D eigenvalue weighted by atomic mass is 10.1. The first-order valence-electron chi connectivity index (χ1n) is 5.83. The Morgan fingerprint density at radius 1 is 1.07 bits per heavy atom. The number of carbonyl (C=O) groups excluding carboxylic acids is 2. The zero-order chi connectivity index (χ0) is 10.7. The average molecular weight is 210 g/mol. The van der Waals surface area contributed by atoms with E-state index in [2.05, 4.69) is 0 Å². The van der Waals surface area contributed by atoms with E-state index in [0.717, 1.165) is 38.9 Å². The molecule has 15 heavy (non-hydrogen) atoms. The first-order chi connectivity index (χ1) is 7.27. The highest BCUT2D eigenvalue weighted by Crippen LogP contribution is 2.12. The van der Waals surface area contributed by atoms with E-state index in [4.69, 9.17) is 0 Å². The van der Waals surface area contributed by atoms with E-state index in [1.54, 1.807) is 4.90 Å². The Balaban J connectivity index is 1.82. The highest BCUT2D eigenvalue weighted by atomic mass is 16.2. The smallest absolute Gasteiger partial charge is 0.242 e. The van der Waals surface area contributed by atoms with Gasteiger partial charge in [-0.25, -0.2) is 0 Å². The largest absolute Gasteiger partial charge is 0.341 e. The molecular weight excluding hydrogens is 192 g/mol. The standard InChI is InChI=1S/C11H18N2O2/c14-10-5-4-8-13(10)9-11(15)12-6-2-1-3-7-12/h1-9H2. The summed E-state index contributed by atoms with van der Waals surface area (Å²) in [5.41, 5.74) is 0. The van der Waals surface area contributed by atoms with Gasteiger partial charge in [-0.2, -0.15) is 0 Å². The molecule has 2 heterocycles. The van der Waals surface area contributed by atoms with Crippen LogP contribution >= 0.6 is 0 Å². The quantitative estimate of drug-likeness (QED) is 0.670. The number of hydrogen-bond acceptors (Lipinski definition) is 2. The third-order valence-electron chi connectivity index (χ3n) is 3.21. The van der Waals surface area contributed by atoms with Crippen LogP contribution in [0.3, 0.4) is 0 Å². The van der Waals surface area contributed by atoms with Gasteiger partial charge in [-0.3, -0.25) is 9.59 Å². The lowest BCUT2D eigenvalue weighted by Crippen LogP contribution is -2.43. The second kappa shape index (κ2) is 4.64. The molecule has 4 nitrogen and oxygen atoms in total. The van der Waals surface area contributed by atoms with E-state index < -0.39 is 0 Å². The number of hydrogen-bond donors (Lipinski definition) is 0. The molecule has 0 aromatic heterocycles. The van der Waals surface area contributed by atoms with E-state index in [1.165, 1.54) is 6.42 Å². The minimum absolute atomic E-state index is 0.130. The molecule has 2 aliphatic heterocycles. The van der Waals surface area contributed by atoms with Crippen LogP contribution in [0.1, 0.15) is 32.1 Å². The second-order valence-electron chi connectivity index (χ2n) is 4.36. The number of rotatable bonds is 2. The van der Waals surface area contributed by atoms with Crippen LogP contribution in [-0.2, 0) is 9.59 Å². The predicted molar refractivity (Wildman–Crippen MR) is 56.2 cm³/mol. The lowest BCUT2D eigenvalue weighted by molar-refractivity contribution is -0.138. The van der Waals surface area contributed by atoms with Gasteiger partial charge in [0.25, 0.3) is 0 Å². The third-order valence-corrected chi connectivity index (χ3v) is 3.21. The van der Waals surface area contributed by atoms with Crippen molar-refractivity contribution in [1.82, 2.24) is 9.80 Å². The van der Waals surface area contributed by atoms with Gasteiger partial charge in [0.05, 0.1) is 6.54 Å². The molecule has 0 aliphatic carbocycles.